The fraction of sp³-hybridized carbons (Fsp3) is 0.500. The zero-order valence-corrected chi connectivity index (χ0v) is 21.3. The number of aliphatic carboxylic acids is 1. The van der Waals surface area contributed by atoms with Gasteiger partial charge in [-0.2, -0.15) is 0 Å². The number of carbonyl (C=O) groups excluding carboxylic acids is 1. The van der Waals surface area contributed by atoms with Crippen LogP contribution in [0.3, 0.4) is 0 Å². The van der Waals surface area contributed by atoms with E-state index >= 15 is 0 Å². The van der Waals surface area contributed by atoms with E-state index in [1.165, 1.54) is 0 Å². The number of rotatable bonds is 0. The Balaban J connectivity index is -0.000000142. The van der Waals surface area contributed by atoms with Gasteiger partial charge in [0, 0.05) is 5.97 Å². The van der Waals surface area contributed by atoms with Crippen LogP contribution < -0.4 is 11.3 Å². The summed E-state index contributed by atoms with van der Waals surface area (Å²) in [6.07, 6.45) is 0. The van der Waals surface area contributed by atoms with Gasteiger partial charge < -0.3 is 16.1 Å². The van der Waals surface area contributed by atoms with E-state index in [1.807, 2.05) is 0 Å². The van der Waals surface area contributed by atoms with Crippen molar-refractivity contribution < 1.29 is 1.29 Å². The van der Waals surface area contributed by atoms with Crippen molar-refractivity contribution in [1.82, 2.24) is 6.15 Å². The van der Waals surface area contributed by atoms with Gasteiger partial charge >= 0.3 is 109 Å². The van der Waals surface area contributed by atoms with Gasteiger partial charge in [0.15, 0.2) is 0 Å². The molecule has 0 saturated carbocycles. The fourth-order valence-electron chi connectivity index (χ4n) is 0. The molecule has 0 bridgehead atoms. The molecule has 0 aromatic carbocycles. The van der Waals surface area contributed by atoms with E-state index in [-0.39, 0.29) is 6.15 Å². The van der Waals surface area contributed by atoms with E-state index in [0.29, 0.717) is 0 Å². The Kier molecular flexibility index (Phi) is 11.6. The minimum absolute atomic E-state index is 0. The molecule has 83 valence electrons. The van der Waals surface area contributed by atoms with Gasteiger partial charge in [0.05, 0.1) is 0 Å². The molecule has 0 unspecified atom stereocenters. The van der Waals surface area contributed by atoms with Crippen molar-refractivity contribution in [2.75, 3.05) is 0 Å². The second-order valence-corrected chi connectivity index (χ2v) is 264. The Morgan fingerprint density at radius 2 is 1.08 bits per heavy atom. The summed E-state index contributed by atoms with van der Waals surface area (Å²) in [7, 11) is 0. The molecular formula is C2H7I6IrNO2. The molecule has 0 heterocycles. The quantitative estimate of drug-likeness (QED) is 0.365. The first-order valence-electron chi connectivity index (χ1n) is 1.66. The fourth-order valence-corrected chi connectivity index (χ4v) is 0. The molecule has 0 fully saturated rings. The van der Waals surface area contributed by atoms with Crippen LogP contribution in [0.5, 0.6) is 0 Å². The number of carbonyl (C=O) groups is 1. The SMILES string of the molecule is CC(=O)[O-].[I][Ir]([I])([I])([I])([I])[I].[NH4+]. The van der Waals surface area contributed by atoms with E-state index in [0.717, 1.165) is 6.92 Å². The first-order chi connectivity index (χ1) is 4.18. The third kappa shape index (κ3) is 132. The summed E-state index contributed by atoms with van der Waals surface area (Å²) in [6, 6.07) is 0. The molecule has 0 aliphatic heterocycles. The van der Waals surface area contributed by atoms with E-state index in [4.69, 9.17) is 9.90 Å². The first kappa shape index (κ1) is 21.7. The molecule has 0 aromatic heterocycles. The second-order valence-electron chi connectivity index (χ2n) is 1.21. The molecule has 3 nitrogen and oxygen atoms in total. The van der Waals surface area contributed by atoms with E-state index in [2.05, 4.69) is 118 Å². The first-order valence-corrected chi connectivity index (χ1v) is 42.4. The van der Waals surface area contributed by atoms with Gasteiger partial charge in [0.2, 0.25) is 0 Å². The van der Waals surface area contributed by atoms with Crippen molar-refractivity contribution >= 4 is 124 Å². The van der Waals surface area contributed by atoms with Crippen molar-refractivity contribution in [2.45, 2.75) is 6.92 Å². The Hall–Kier alpha value is 4.46. The Labute approximate surface area is 134 Å². The minimum Gasteiger partial charge on any atom is -0.369 e. The Morgan fingerprint density at radius 3 is 1.08 bits per heavy atom. The molecule has 4 N–H and O–H groups in total. The molecule has 0 saturated heterocycles. The number of carboxylic acids is 1. The summed E-state index contributed by atoms with van der Waals surface area (Å²) in [5.74, 6) is -1.08. The summed E-state index contributed by atoms with van der Waals surface area (Å²) in [6.45, 7) is 0.972. The van der Waals surface area contributed by atoms with E-state index in [1.54, 1.807) is 0 Å². The summed E-state index contributed by atoms with van der Waals surface area (Å²) >= 11 is 15.4. The molecule has 0 atom stereocenters. The summed E-state index contributed by atoms with van der Waals surface area (Å²) in [4.78, 5) is 8.89. The standard InChI is InChI=1S/C2H4O2.6HI.Ir.H3N/c1-2(3)4;;;;;;;;/h1H3,(H,3,4);6*1H;;1H3/q;;;;;;;+6;/p-6. The Bertz CT molecular complexity index is 141. The molecule has 0 aliphatic carbocycles. The number of hydrogen-bond acceptors (Lipinski definition) is 2. The molecule has 0 aliphatic rings. The Morgan fingerprint density at radius 1 is 1.08 bits per heavy atom. The molecule has 0 rings (SSSR count). The summed E-state index contributed by atoms with van der Waals surface area (Å²) < 4.78 is -2.35. The predicted molar refractivity (Wildman–Crippen MR) is 101 cm³/mol. The molecule has 10 heteroatoms. The normalized spacial score (nSPS) is 15.6. The minimum atomic E-state index is -2.35. The van der Waals surface area contributed by atoms with Gasteiger partial charge in [-0.05, 0) is 6.92 Å². The molecule has 0 radical (unpaired) electrons. The van der Waals surface area contributed by atoms with Gasteiger partial charge in [-0.1, -0.05) is 0 Å². The van der Waals surface area contributed by atoms with Crippen LogP contribution in [0, 0.1) is 0 Å². The van der Waals surface area contributed by atoms with Crippen LogP contribution in [-0.4, -0.2) is 5.97 Å². The largest absolute Gasteiger partial charge is 0.369 e. The van der Waals surface area contributed by atoms with Crippen LogP contribution in [0.25, 0.3) is 0 Å². The zero-order chi connectivity index (χ0) is 9.99. The van der Waals surface area contributed by atoms with Crippen molar-refractivity contribution in [3.8, 4) is 0 Å². The number of halogens is 6. The van der Waals surface area contributed by atoms with Gasteiger partial charge in [-0.3, -0.25) is 0 Å². The zero-order valence-electron chi connectivity index (χ0n) is 5.92. The molecule has 12 heavy (non-hydrogen) atoms. The van der Waals surface area contributed by atoms with Crippen LogP contribution >= 0.6 is 118 Å². The predicted octanol–water partition coefficient (Wildman–Crippen LogP) is 4.44. The number of hydrogen-bond donors (Lipinski definition) is 1. The third-order valence-corrected chi connectivity index (χ3v) is 0. The maximum atomic E-state index is 8.89. The smallest absolute Gasteiger partial charge is 0.369 e. The van der Waals surface area contributed by atoms with Gasteiger partial charge in [0.1, 0.15) is 0 Å². The topological polar surface area (TPSA) is 76.6 Å². The average Bonchev–Trinajstić information content (AvgIpc) is 1.11. The summed E-state index contributed by atoms with van der Waals surface area (Å²) in [5, 5.41) is 8.89. The van der Waals surface area contributed by atoms with E-state index < -0.39 is -2.65 Å². The van der Waals surface area contributed by atoms with Gasteiger partial charge in [-0.15, -0.1) is 0 Å². The van der Waals surface area contributed by atoms with Crippen molar-refractivity contribution in [2.24, 2.45) is 0 Å². The van der Waals surface area contributed by atoms with Crippen LogP contribution in [0.1, 0.15) is 6.92 Å². The van der Waals surface area contributed by atoms with E-state index in [9.17, 15) is 0 Å². The van der Waals surface area contributed by atoms with Gasteiger partial charge in [-0.25, -0.2) is 0 Å². The van der Waals surface area contributed by atoms with Crippen molar-refractivity contribution in [1.29, 1.82) is 0 Å². The monoisotopic (exact) mass is 1030 g/mol. The molecule has 0 aromatic rings. The number of carboxylic acid groups (broad SMARTS) is 1. The van der Waals surface area contributed by atoms with Crippen LogP contribution in [0.4, 0.5) is 0 Å². The van der Waals surface area contributed by atoms with Crippen molar-refractivity contribution in [3.05, 3.63) is 0 Å². The second kappa shape index (κ2) is 6.41. The molecule has 0 amide bonds. The summed E-state index contributed by atoms with van der Waals surface area (Å²) in [5.41, 5.74) is 0. The maximum Gasteiger partial charge on any atom is -0.369 e. The van der Waals surface area contributed by atoms with Crippen molar-refractivity contribution in [3.63, 3.8) is 0 Å². The molecule has 0 spiro atoms. The van der Waals surface area contributed by atoms with Gasteiger partial charge in [0.25, 0.3) is 0 Å². The molecular weight excluding hydrogens is 1020 g/mol. The maximum absolute atomic E-state index is 8.89. The van der Waals surface area contributed by atoms with Crippen LogP contribution in [0.15, 0.2) is 0 Å². The average molecular weight is 1030 g/mol. The third-order valence-electron chi connectivity index (χ3n) is 0. The van der Waals surface area contributed by atoms with Crippen LogP contribution in [0.2, 0.25) is 0 Å². The number of quaternary nitrogens is 1. The van der Waals surface area contributed by atoms with Crippen LogP contribution in [-0.2, 0) is -3.82 Å².